The van der Waals surface area contributed by atoms with Crippen LogP contribution in [0.3, 0.4) is 0 Å². The molecule has 1 aromatic heterocycles. The second-order valence-corrected chi connectivity index (χ2v) is 6.82. The summed E-state index contributed by atoms with van der Waals surface area (Å²) < 4.78 is 0. The fourth-order valence-electron chi connectivity index (χ4n) is 3.41. The highest BCUT2D eigenvalue weighted by molar-refractivity contribution is 5.94. The molecule has 1 fully saturated rings. The monoisotopic (exact) mass is 346 g/mol. The van der Waals surface area contributed by atoms with E-state index in [4.69, 9.17) is 0 Å². The minimum Gasteiger partial charge on any atom is -0.355 e. The zero-order valence-corrected chi connectivity index (χ0v) is 14.9. The maximum absolute atomic E-state index is 11.6. The number of carbonyl (C=O) groups is 1. The van der Waals surface area contributed by atoms with Gasteiger partial charge in [0.2, 0.25) is 5.91 Å². The minimum absolute atomic E-state index is 0.127. The number of nitrogens with one attached hydrogen (secondary N) is 1. The molecule has 2 aromatic carbocycles. The normalized spacial score (nSPS) is 18.5. The van der Waals surface area contributed by atoms with Gasteiger partial charge in [-0.25, -0.2) is 9.97 Å². The Kier molecular flexibility index (Phi) is 4.63. The summed E-state index contributed by atoms with van der Waals surface area (Å²) in [5.41, 5.74) is 2.11. The Hall–Kier alpha value is -2.79. The average molecular weight is 346 g/mol. The number of aromatic nitrogens is 2. The number of benzene rings is 2. The third-order valence-electron chi connectivity index (χ3n) is 4.97. The molecule has 1 atom stereocenters. The summed E-state index contributed by atoms with van der Waals surface area (Å²) in [6, 6.07) is 14.8. The Morgan fingerprint density at radius 1 is 1.12 bits per heavy atom. The Bertz CT molecular complexity index is 917. The van der Waals surface area contributed by atoms with Crippen molar-refractivity contribution in [3.63, 3.8) is 0 Å². The molecule has 0 saturated carbocycles. The van der Waals surface area contributed by atoms with Crippen molar-refractivity contribution < 1.29 is 4.79 Å². The van der Waals surface area contributed by atoms with E-state index in [1.807, 2.05) is 30.6 Å². The molecular weight excluding hydrogens is 324 g/mol. The van der Waals surface area contributed by atoms with Crippen molar-refractivity contribution in [2.75, 3.05) is 13.1 Å². The first-order chi connectivity index (χ1) is 12.7. The lowest BCUT2D eigenvalue weighted by atomic mass is 10.0. The van der Waals surface area contributed by atoms with Crippen LogP contribution in [-0.2, 0) is 11.3 Å². The van der Waals surface area contributed by atoms with Crippen molar-refractivity contribution in [2.24, 2.45) is 0 Å². The van der Waals surface area contributed by atoms with Crippen molar-refractivity contribution in [3.8, 4) is 11.4 Å². The summed E-state index contributed by atoms with van der Waals surface area (Å²) in [6.07, 6.45) is 4.34. The molecule has 1 unspecified atom stereocenters. The van der Waals surface area contributed by atoms with Crippen LogP contribution in [-0.4, -0.2) is 39.9 Å². The van der Waals surface area contributed by atoms with Crippen LogP contribution in [0.25, 0.3) is 22.2 Å². The smallest absolute Gasteiger partial charge is 0.221 e. The number of rotatable bonds is 3. The summed E-state index contributed by atoms with van der Waals surface area (Å²) in [6.45, 7) is 4.34. The number of amides is 1. The van der Waals surface area contributed by atoms with Crippen LogP contribution < -0.4 is 5.32 Å². The number of fused-ring (bicyclic) bond motifs is 1. The first-order valence-corrected chi connectivity index (χ1v) is 9.00. The molecule has 0 bridgehead atoms. The van der Waals surface area contributed by atoms with Gasteiger partial charge in [0.05, 0.1) is 0 Å². The Labute approximate surface area is 153 Å². The van der Waals surface area contributed by atoms with E-state index in [9.17, 15) is 4.79 Å². The van der Waals surface area contributed by atoms with E-state index in [0.717, 1.165) is 35.4 Å². The highest BCUT2D eigenvalue weighted by atomic mass is 16.1. The fourth-order valence-corrected chi connectivity index (χ4v) is 3.41. The first kappa shape index (κ1) is 16.7. The summed E-state index contributed by atoms with van der Waals surface area (Å²) in [5.74, 6) is 0.869. The topological polar surface area (TPSA) is 58.1 Å². The maximum atomic E-state index is 11.6. The van der Waals surface area contributed by atoms with Gasteiger partial charge in [0.1, 0.15) is 0 Å². The summed E-state index contributed by atoms with van der Waals surface area (Å²) in [7, 11) is 0. The molecule has 3 aromatic rings. The van der Waals surface area contributed by atoms with Crippen LogP contribution >= 0.6 is 0 Å². The molecule has 132 valence electrons. The third kappa shape index (κ3) is 3.44. The first-order valence-electron chi connectivity index (χ1n) is 9.00. The van der Waals surface area contributed by atoms with Crippen molar-refractivity contribution in [1.29, 1.82) is 0 Å². The molecule has 1 N–H and O–H groups in total. The molecular formula is C21H22N4O. The molecule has 1 saturated heterocycles. The standard InChI is InChI=1S/C21H22N4O/c1-15-11-22-20(26)9-10-25(15)14-16-12-23-21(24-13-16)19-8-4-6-17-5-2-3-7-18(17)19/h2-8,12-13,15H,9-11,14H2,1H3,(H,22,26). The highest BCUT2D eigenvalue weighted by Crippen LogP contribution is 2.25. The molecule has 1 aliphatic heterocycles. The van der Waals surface area contributed by atoms with Gasteiger partial charge in [-0.3, -0.25) is 9.69 Å². The molecule has 4 rings (SSSR count). The van der Waals surface area contributed by atoms with E-state index in [0.29, 0.717) is 19.0 Å². The van der Waals surface area contributed by atoms with Gasteiger partial charge in [-0.15, -0.1) is 0 Å². The molecule has 0 radical (unpaired) electrons. The van der Waals surface area contributed by atoms with Crippen LogP contribution in [0.5, 0.6) is 0 Å². The fraction of sp³-hybridized carbons (Fsp3) is 0.286. The molecule has 5 heteroatoms. The number of carbonyl (C=O) groups excluding carboxylic acids is 1. The quantitative estimate of drug-likeness (QED) is 0.792. The van der Waals surface area contributed by atoms with E-state index < -0.39 is 0 Å². The van der Waals surface area contributed by atoms with Gasteiger partial charge in [-0.05, 0) is 17.7 Å². The zero-order valence-electron chi connectivity index (χ0n) is 14.9. The summed E-state index contributed by atoms with van der Waals surface area (Å²) >= 11 is 0. The van der Waals surface area contributed by atoms with E-state index in [-0.39, 0.29) is 5.91 Å². The van der Waals surface area contributed by atoms with Gasteiger partial charge in [-0.2, -0.15) is 0 Å². The predicted molar refractivity (Wildman–Crippen MR) is 102 cm³/mol. The predicted octanol–water partition coefficient (Wildman–Crippen LogP) is 3.01. The summed E-state index contributed by atoms with van der Waals surface area (Å²) in [4.78, 5) is 23.1. The number of hydrogen-bond donors (Lipinski definition) is 1. The lowest BCUT2D eigenvalue weighted by Crippen LogP contribution is -2.37. The minimum atomic E-state index is 0.127. The Balaban J connectivity index is 1.56. The lowest BCUT2D eigenvalue weighted by Gasteiger charge is -2.25. The van der Waals surface area contributed by atoms with Crippen molar-refractivity contribution >= 4 is 16.7 Å². The molecule has 2 heterocycles. The van der Waals surface area contributed by atoms with Crippen LogP contribution in [0.15, 0.2) is 54.9 Å². The molecule has 5 nitrogen and oxygen atoms in total. The SMILES string of the molecule is CC1CNC(=O)CCN1Cc1cnc(-c2cccc3ccccc23)nc1. The lowest BCUT2D eigenvalue weighted by molar-refractivity contribution is -0.120. The average Bonchev–Trinajstić information content (AvgIpc) is 2.84. The van der Waals surface area contributed by atoms with Crippen molar-refractivity contribution in [1.82, 2.24) is 20.2 Å². The van der Waals surface area contributed by atoms with Crippen LogP contribution in [0, 0.1) is 0 Å². The van der Waals surface area contributed by atoms with Gasteiger partial charge in [0, 0.05) is 55.6 Å². The largest absolute Gasteiger partial charge is 0.355 e. The van der Waals surface area contributed by atoms with E-state index in [1.54, 1.807) is 0 Å². The molecule has 26 heavy (non-hydrogen) atoms. The van der Waals surface area contributed by atoms with Gasteiger partial charge in [-0.1, -0.05) is 42.5 Å². The molecule has 0 aliphatic carbocycles. The van der Waals surface area contributed by atoms with Crippen molar-refractivity contribution in [3.05, 3.63) is 60.4 Å². The molecule has 1 amide bonds. The van der Waals surface area contributed by atoms with E-state index >= 15 is 0 Å². The van der Waals surface area contributed by atoms with Crippen LogP contribution in [0.4, 0.5) is 0 Å². The van der Waals surface area contributed by atoms with Gasteiger partial charge in [0.15, 0.2) is 5.82 Å². The zero-order chi connectivity index (χ0) is 17.9. The van der Waals surface area contributed by atoms with Crippen molar-refractivity contribution in [2.45, 2.75) is 25.9 Å². The highest BCUT2D eigenvalue weighted by Gasteiger charge is 2.20. The third-order valence-corrected chi connectivity index (χ3v) is 4.97. The van der Waals surface area contributed by atoms with Gasteiger partial charge >= 0.3 is 0 Å². The number of hydrogen-bond acceptors (Lipinski definition) is 4. The van der Waals surface area contributed by atoms with Crippen LogP contribution in [0.2, 0.25) is 0 Å². The maximum Gasteiger partial charge on any atom is 0.221 e. The summed E-state index contributed by atoms with van der Waals surface area (Å²) in [5, 5.41) is 5.29. The number of nitrogens with zero attached hydrogens (tertiary/aromatic N) is 3. The van der Waals surface area contributed by atoms with Gasteiger partial charge in [0.25, 0.3) is 0 Å². The molecule has 1 aliphatic rings. The van der Waals surface area contributed by atoms with E-state index in [1.165, 1.54) is 5.39 Å². The Morgan fingerprint density at radius 3 is 2.73 bits per heavy atom. The second-order valence-electron chi connectivity index (χ2n) is 6.82. The van der Waals surface area contributed by atoms with Crippen LogP contribution in [0.1, 0.15) is 18.9 Å². The van der Waals surface area contributed by atoms with Gasteiger partial charge < -0.3 is 5.32 Å². The Morgan fingerprint density at radius 2 is 1.88 bits per heavy atom. The molecule has 0 spiro atoms. The second kappa shape index (κ2) is 7.22. The van der Waals surface area contributed by atoms with E-state index in [2.05, 4.69) is 51.4 Å².